The number of nitrogen functional groups attached to an aromatic ring is 1. The Balaban J connectivity index is 2.32. The minimum atomic E-state index is -4.48. The summed E-state index contributed by atoms with van der Waals surface area (Å²) in [4.78, 5) is 40.3. The van der Waals surface area contributed by atoms with E-state index in [1.807, 2.05) is 0 Å². The van der Waals surface area contributed by atoms with Crippen LogP contribution < -0.4 is 21.6 Å². The summed E-state index contributed by atoms with van der Waals surface area (Å²) in [6.07, 6.45) is -7.08. The second-order valence-corrected chi connectivity index (χ2v) is 11.6. The maximum atomic E-state index is 14.3. The van der Waals surface area contributed by atoms with Crippen molar-refractivity contribution in [2.24, 2.45) is 0 Å². The van der Waals surface area contributed by atoms with Crippen molar-refractivity contribution < 1.29 is 46.8 Å². The minimum Gasteiger partial charge on any atom is -0.462 e. The number of aliphatic hydroxyl groups is 1. The summed E-state index contributed by atoms with van der Waals surface area (Å²) < 4.78 is 64.2. The molecule has 1 aliphatic rings. The Labute approximate surface area is 224 Å². The minimum absolute atomic E-state index is 0.125. The third-order valence-corrected chi connectivity index (χ3v) is 7.34. The molecule has 5 unspecified atom stereocenters. The first-order valence-corrected chi connectivity index (χ1v) is 13.8. The lowest BCUT2D eigenvalue weighted by atomic mass is 10.0. The van der Waals surface area contributed by atoms with Crippen molar-refractivity contribution in [3.05, 3.63) is 22.7 Å². The normalized spacial score (nSPS) is 24.5. The van der Waals surface area contributed by atoms with Gasteiger partial charge in [-0.05, 0) is 47.6 Å². The molecule has 0 spiro atoms. The first-order valence-electron chi connectivity index (χ1n) is 12.2. The number of carbonyl (C=O) groups is 2. The van der Waals surface area contributed by atoms with Crippen LogP contribution in [0.5, 0.6) is 0 Å². The van der Waals surface area contributed by atoms with Gasteiger partial charge in [-0.2, -0.15) is 4.98 Å². The number of carbonyl (C=O) groups excluding carboxylic acids is 2. The SMILES string of the molecule is CC(C)OC(=O)C(C)NP(=O)(NC(C)C(=O)OC(C)C)OCC1(C(F)F)CC(O)C(n2ccc(N)nc2=O)O1. The molecular formula is C22H36F2N5O9P. The van der Waals surface area contributed by atoms with Crippen LogP contribution in [-0.4, -0.2) is 75.6 Å². The number of esters is 2. The van der Waals surface area contributed by atoms with Gasteiger partial charge in [-0.25, -0.2) is 23.7 Å². The molecule has 2 heterocycles. The number of hydrogen-bond donors (Lipinski definition) is 4. The lowest BCUT2D eigenvalue weighted by Crippen LogP contribution is -2.46. The van der Waals surface area contributed by atoms with Gasteiger partial charge in [0.05, 0.1) is 18.8 Å². The van der Waals surface area contributed by atoms with Gasteiger partial charge >= 0.3 is 25.3 Å². The van der Waals surface area contributed by atoms with E-state index in [1.54, 1.807) is 27.7 Å². The van der Waals surface area contributed by atoms with Crippen molar-refractivity contribution in [1.82, 2.24) is 19.7 Å². The Bertz CT molecular complexity index is 1090. The molecule has 0 aromatic carbocycles. The number of nitrogens with one attached hydrogen (secondary N) is 2. The largest absolute Gasteiger partial charge is 0.462 e. The Hall–Kier alpha value is -2.49. The van der Waals surface area contributed by atoms with E-state index in [1.165, 1.54) is 19.9 Å². The van der Waals surface area contributed by atoms with E-state index < -0.39 is 87.0 Å². The molecule has 1 saturated heterocycles. The fourth-order valence-corrected chi connectivity index (χ4v) is 5.43. The topological polar surface area (TPSA) is 193 Å². The number of hydrogen-bond acceptors (Lipinski definition) is 11. The molecule has 0 bridgehead atoms. The summed E-state index contributed by atoms with van der Waals surface area (Å²) in [7, 11) is -4.48. The maximum Gasteiger partial charge on any atom is 0.351 e. The van der Waals surface area contributed by atoms with E-state index in [0.717, 1.165) is 10.8 Å². The summed E-state index contributed by atoms with van der Waals surface area (Å²) in [5, 5.41) is 15.3. The molecule has 222 valence electrons. The van der Waals surface area contributed by atoms with Gasteiger partial charge in [0.25, 0.3) is 6.43 Å². The van der Waals surface area contributed by atoms with Gasteiger partial charge < -0.3 is 29.6 Å². The number of aliphatic hydroxyl groups excluding tert-OH is 1. The number of anilines is 1. The zero-order valence-corrected chi connectivity index (χ0v) is 23.4. The van der Waals surface area contributed by atoms with E-state index >= 15 is 0 Å². The van der Waals surface area contributed by atoms with Crippen molar-refractivity contribution in [1.29, 1.82) is 0 Å². The molecule has 2 rings (SSSR count). The van der Waals surface area contributed by atoms with E-state index in [4.69, 9.17) is 24.5 Å². The second-order valence-electron chi connectivity index (χ2n) is 9.69. The quantitative estimate of drug-likeness (QED) is 0.191. The third kappa shape index (κ3) is 8.75. The Kier molecular flexibility index (Phi) is 11.1. The Morgan fingerprint density at radius 3 is 2.13 bits per heavy atom. The molecule has 5 N–H and O–H groups in total. The molecule has 1 aromatic rings. The number of alkyl halides is 2. The summed E-state index contributed by atoms with van der Waals surface area (Å²) in [5.41, 5.74) is 1.97. The predicted molar refractivity (Wildman–Crippen MR) is 134 cm³/mol. The van der Waals surface area contributed by atoms with Crippen molar-refractivity contribution in [2.75, 3.05) is 12.3 Å². The Morgan fingerprint density at radius 1 is 1.18 bits per heavy atom. The molecule has 0 aliphatic carbocycles. The average molecular weight is 584 g/mol. The molecule has 14 nitrogen and oxygen atoms in total. The van der Waals surface area contributed by atoms with Crippen molar-refractivity contribution in [3.63, 3.8) is 0 Å². The molecule has 1 aliphatic heterocycles. The van der Waals surface area contributed by atoms with Crippen LogP contribution in [-0.2, 0) is 32.9 Å². The zero-order valence-electron chi connectivity index (χ0n) is 22.5. The van der Waals surface area contributed by atoms with Crippen LogP contribution in [0.4, 0.5) is 14.6 Å². The van der Waals surface area contributed by atoms with Crippen LogP contribution in [0.1, 0.15) is 54.2 Å². The lowest BCUT2D eigenvalue weighted by molar-refractivity contribution is -0.169. The highest BCUT2D eigenvalue weighted by atomic mass is 31.2. The molecular weight excluding hydrogens is 547 g/mol. The van der Waals surface area contributed by atoms with Crippen molar-refractivity contribution in [2.45, 2.75) is 96.6 Å². The van der Waals surface area contributed by atoms with Crippen LogP contribution in [0.3, 0.4) is 0 Å². The highest BCUT2D eigenvalue weighted by Crippen LogP contribution is 2.46. The van der Waals surface area contributed by atoms with Crippen molar-refractivity contribution in [3.8, 4) is 0 Å². The van der Waals surface area contributed by atoms with Crippen LogP contribution in [0.15, 0.2) is 17.1 Å². The summed E-state index contributed by atoms with van der Waals surface area (Å²) >= 11 is 0. The fraction of sp³-hybridized carbons (Fsp3) is 0.727. The van der Waals surface area contributed by atoms with Gasteiger partial charge in [0.1, 0.15) is 24.0 Å². The van der Waals surface area contributed by atoms with Crippen LogP contribution >= 0.6 is 7.67 Å². The molecule has 39 heavy (non-hydrogen) atoms. The number of nitrogens with zero attached hydrogens (tertiary/aromatic N) is 2. The van der Waals surface area contributed by atoms with Gasteiger partial charge in [0.2, 0.25) is 0 Å². The van der Waals surface area contributed by atoms with E-state index in [9.17, 15) is 32.8 Å². The zero-order chi connectivity index (χ0) is 29.7. The molecule has 5 atom stereocenters. The monoisotopic (exact) mass is 583 g/mol. The van der Waals surface area contributed by atoms with E-state index in [-0.39, 0.29) is 5.82 Å². The first kappa shape index (κ1) is 32.7. The number of nitrogens with two attached hydrogens (primary N) is 1. The second kappa shape index (κ2) is 13.2. The Morgan fingerprint density at radius 2 is 1.69 bits per heavy atom. The van der Waals surface area contributed by atoms with Crippen LogP contribution in [0, 0.1) is 0 Å². The molecule has 1 fully saturated rings. The van der Waals surface area contributed by atoms with E-state index in [2.05, 4.69) is 15.2 Å². The predicted octanol–water partition coefficient (Wildman–Crippen LogP) is 1.09. The molecule has 1 aromatic heterocycles. The first-order chi connectivity index (χ1) is 18.0. The number of ether oxygens (including phenoxy) is 3. The molecule has 0 saturated carbocycles. The summed E-state index contributed by atoms with van der Waals surface area (Å²) in [6.45, 7) is 7.90. The number of aromatic nitrogens is 2. The maximum absolute atomic E-state index is 14.3. The van der Waals surface area contributed by atoms with Gasteiger partial charge in [0.15, 0.2) is 11.8 Å². The van der Waals surface area contributed by atoms with Gasteiger partial charge in [-0.1, -0.05) is 0 Å². The standard InChI is InChI=1S/C22H36F2N5O9P/c1-11(2)36-18(31)13(5)27-39(34,28-14(6)19(32)37-12(3)4)35-10-22(20(23)24)9-15(30)17(38-22)29-8-7-16(25)26-21(29)33/h7-8,11-15,17,20,30H,9-10H2,1-6H3,(H2,25,26,33)(H2,27,28,34). The summed E-state index contributed by atoms with van der Waals surface area (Å²) in [5.74, 6) is -1.76. The molecule has 17 heteroatoms. The smallest absolute Gasteiger partial charge is 0.351 e. The van der Waals surface area contributed by atoms with Crippen LogP contribution in [0.2, 0.25) is 0 Å². The van der Waals surface area contributed by atoms with Crippen molar-refractivity contribution >= 4 is 25.4 Å². The molecule has 0 amide bonds. The lowest BCUT2D eigenvalue weighted by Gasteiger charge is -2.32. The van der Waals surface area contributed by atoms with Gasteiger partial charge in [0, 0.05) is 12.6 Å². The number of rotatable bonds is 13. The number of halogens is 2. The van der Waals surface area contributed by atoms with E-state index in [0.29, 0.717) is 0 Å². The average Bonchev–Trinajstić information content (AvgIpc) is 3.14. The highest BCUT2D eigenvalue weighted by molar-refractivity contribution is 7.54. The fourth-order valence-electron chi connectivity index (χ4n) is 3.58. The highest BCUT2D eigenvalue weighted by Gasteiger charge is 2.54. The third-order valence-electron chi connectivity index (χ3n) is 5.39. The van der Waals surface area contributed by atoms with Gasteiger partial charge in [-0.15, -0.1) is 0 Å². The molecule has 0 radical (unpaired) electrons. The van der Waals surface area contributed by atoms with Gasteiger partial charge in [-0.3, -0.25) is 18.7 Å². The van der Waals surface area contributed by atoms with Crippen LogP contribution in [0.25, 0.3) is 0 Å². The summed E-state index contributed by atoms with van der Waals surface area (Å²) in [6, 6.07) is -1.30.